The van der Waals surface area contributed by atoms with Crippen LogP contribution in [0, 0.1) is 0 Å². The van der Waals surface area contributed by atoms with E-state index in [-0.39, 0.29) is 16.8 Å². The molecule has 90 valence electrons. The maximum absolute atomic E-state index is 12.0. The quantitative estimate of drug-likeness (QED) is 0.786. The van der Waals surface area contributed by atoms with Gasteiger partial charge in [0, 0.05) is 25.0 Å². The van der Waals surface area contributed by atoms with Gasteiger partial charge in [-0.2, -0.15) is 16.9 Å². The maximum Gasteiger partial charge on any atom is 0.246 e. The Morgan fingerprint density at radius 3 is 2.94 bits per heavy atom. The third kappa shape index (κ3) is 2.33. The van der Waals surface area contributed by atoms with Gasteiger partial charge in [0.25, 0.3) is 0 Å². The highest BCUT2D eigenvalue weighted by Gasteiger charge is 2.26. The molecule has 1 unspecified atom stereocenters. The molecular formula is C8H14N4O2S2. The summed E-state index contributed by atoms with van der Waals surface area (Å²) >= 11 is 1.75. The van der Waals surface area contributed by atoms with E-state index >= 15 is 0 Å². The summed E-state index contributed by atoms with van der Waals surface area (Å²) in [6.07, 6.45) is 2.28. The fourth-order valence-corrected chi connectivity index (χ4v) is 4.23. The molecule has 1 atom stereocenters. The molecule has 6 nitrogen and oxygen atoms in total. The molecule has 1 aromatic rings. The fraction of sp³-hybridized carbons (Fsp3) is 0.625. The van der Waals surface area contributed by atoms with Crippen LogP contribution >= 0.6 is 11.8 Å². The molecule has 0 aliphatic carbocycles. The van der Waals surface area contributed by atoms with Crippen molar-refractivity contribution >= 4 is 27.6 Å². The molecule has 8 heteroatoms. The SMILES string of the molecule is Cn1cc(S(=O)(=O)NC2CCSC2)c(N)n1. The van der Waals surface area contributed by atoms with Gasteiger partial charge in [-0.05, 0) is 12.2 Å². The Morgan fingerprint density at radius 1 is 1.69 bits per heavy atom. The van der Waals surface area contributed by atoms with Crippen molar-refractivity contribution in [3.05, 3.63) is 6.20 Å². The number of sulfonamides is 1. The first-order valence-corrected chi connectivity index (χ1v) is 7.52. The normalized spacial score (nSPS) is 21.4. The van der Waals surface area contributed by atoms with Gasteiger partial charge in [-0.1, -0.05) is 0 Å². The molecule has 0 amide bonds. The molecule has 1 aliphatic rings. The van der Waals surface area contributed by atoms with E-state index in [1.807, 2.05) is 0 Å². The molecule has 1 aliphatic heterocycles. The van der Waals surface area contributed by atoms with Crippen molar-refractivity contribution in [3.63, 3.8) is 0 Å². The summed E-state index contributed by atoms with van der Waals surface area (Å²) in [7, 11) is -1.89. The first kappa shape index (κ1) is 11.7. The van der Waals surface area contributed by atoms with Crippen molar-refractivity contribution in [2.75, 3.05) is 17.2 Å². The van der Waals surface area contributed by atoms with Crippen LogP contribution in [0.25, 0.3) is 0 Å². The van der Waals surface area contributed by atoms with Gasteiger partial charge in [-0.25, -0.2) is 13.1 Å². The summed E-state index contributed by atoms with van der Waals surface area (Å²) in [5.41, 5.74) is 5.55. The largest absolute Gasteiger partial charge is 0.381 e. The lowest BCUT2D eigenvalue weighted by atomic mass is 10.3. The van der Waals surface area contributed by atoms with E-state index < -0.39 is 10.0 Å². The van der Waals surface area contributed by atoms with Crippen molar-refractivity contribution in [2.45, 2.75) is 17.4 Å². The van der Waals surface area contributed by atoms with Crippen molar-refractivity contribution in [1.29, 1.82) is 0 Å². The van der Waals surface area contributed by atoms with Crippen LogP contribution in [-0.2, 0) is 17.1 Å². The number of aromatic nitrogens is 2. The third-order valence-electron chi connectivity index (χ3n) is 2.36. The van der Waals surface area contributed by atoms with Gasteiger partial charge in [0.1, 0.15) is 4.90 Å². The second-order valence-corrected chi connectivity index (χ2v) is 6.57. The van der Waals surface area contributed by atoms with Crippen molar-refractivity contribution in [3.8, 4) is 0 Å². The van der Waals surface area contributed by atoms with Crippen LogP contribution in [-0.4, -0.2) is 35.7 Å². The number of nitrogens with one attached hydrogen (secondary N) is 1. The van der Waals surface area contributed by atoms with Gasteiger partial charge >= 0.3 is 0 Å². The van der Waals surface area contributed by atoms with E-state index in [0.717, 1.165) is 17.9 Å². The lowest BCUT2D eigenvalue weighted by Gasteiger charge is -2.10. The zero-order valence-corrected chi connectivity index (χ0v) is 10.5. The molecular weight excluding hydrogens is 248 g/mol. The van der Waals surface area contributed by atoms with Crippen LogP contribution in [0.2, 0.25) is 0 Å². The maximum atomic E-state index is 12.0. The molecule has 1 fully saturated rings. The summed E-state index contributed by atoms with van der Waals surface area (Å²) < 4.78 is 28.0. The summed E-state index contributed by atoms with van der Waals surface area (Å²) in [6, 6.07) is 0.00889. The Morgan fingerprint density at radius 2 is 2.44 bits per heavy atom. The van der Waals surface area contributed by atoms with Gasteiger partial charge in [0.05, 0.1) is 0 Å². The van der Waals surface area contributed by atoms with E-state index in [0.29, 0.717) is 0 Å². The summed E-state index contributed by atoms with van der Waals surface area (Å²) in [6.45, 7) is 0. The minimum absolute atomic E-state index is 0.00889. The average Bonchev–Trinajstić information content (AvgIpc) is 2.75. The Balaban J connectivity index is 2.21. The first-order valence-electron chi connectivity index (χ1n) is 4.88. The summed E-state index contributed by atoms with van der Waals surface area (Å²) in [4.78, 5) is 0.0619. The van der Waals surface area contributed by atoms with E-state index in [1.165, 1.54) is 10.9 Å². The molecule has 2 rings (SSSR count). The number of hydrogen-bond donors (Lipinski definition) is 2. The number of rotatable bonds is 3. The second kappa shape index (κ2) is 4.27. The Bertz CT molecular complexity index is 476. The molecule has 0 bridgehead atoms. The lowest BCUT2D eigenvalue weighted by Crippen LogP contribution is -2.34. The van der Waals surface area contributed by atoms with Crippen LogP contribution < -0.4 is 10.5 Å². The smallest absolute Gasteiger partial charge is 0.246 e. The summed E-state index contributed by atoms with van der Waals surface area (Å²) in [5, 5.41) is 3.82. The molecule has 2 heterocycles. The topological polar surface area (TPSA) is 90.0 Å². The lowest BCUT2D eigenvalue weighted by molar-refractivity contribution is 0.563. The Labute approximate surface area is 98.6 Å². The highest BCUT2D eigenvalue weighted by molar-refractivity contribution is 7.99. The fourth-order valence-electron chi connectivity index (χ4n) is 1.60. The first-order chi connectivity index (χ1) is 7.49. The van der Waals surface area contributed by atoms with Gasteiger partial charge in [-0.15, -0.1) is 0 Å². The van der Waals surface area contributed by atoms with Crippen LogP contribution in [0.15, 0.2) is 11.1 Å². The molecule has 1 saturated heterocycles. The van der Waals surface area contributed by atoms with Gasteiger partial charge < -0.3 is 5.73 Å². The van der Waals surface area contributed by atoms with E-state index in [9.17, 15) is 8.42 Å². The van der Waals surface area contributed by atoms with E-state index in [4.69, 9.17) is 5.73 Å². The molecule has 3 N–H and O–H groups in total. The predicted octanol–water partition coefficient (Wildman–Crippen LogP) is -0.214. The second-order valence-electron chi connectivity index (χ2n) is 3.73. The van der Waals surface area contributed by atoms with Crippen LogP contribution in [0.1, 0.15) is 6.42 Å². The van der Waals surface area contributed by atoms with Crippen LogP contribution in [0.5, 0.6) is 0 Å². The van der Waals surface area contributed by atoms with Crippen molar-refractivity contribution in [2.24, 2.45) is 7.05 Å². The number of anilines is 1. The van der Waals surface area contributed by atoms with Gasteiger partial charge in [0.15, 0.2) is 5.82 Å². The molecule has 0 saturated carbocycles. The Hall–Kier alpha value is -0.730. The monoisotopic (exact) mass is 262 g/mol. The van der Waals surface area contributed by atoms with Gasteiger partial charge in [-0.3, -0.25) is 4.68 Å². The molecule has 16 heavy (non-hydrogen) atoms. The third-order valence-corrected chi connectivity index (χ3v) is 5.06. The van der Waals surface area contributed by atoms with Crippen LogP contribution in [0.4, 0.5) is 5.82 Å². The van der Waals surface area contributed by atoms with Gasteiger partial charge in [0.2, 0.25) is 10.0 Å². The molecule has 0 aromatic carbocycles. The number of nitrogen functional groups attached to an aromatic ring is 1. The van der Waals surface area contributed by atoms with Crippen molar-refractivity contribution < 1.29 is 8.42 Å². The molecule has 0 spiro atoms. The standard InChI is InChI=1S/C8H14N4O2S2/c1-12-4-7(8(9)10-12)16(13,14)11-6-2-3-15-5-6/h4,6,11H,2-3,5H2,1H3,(H2,9,10). The van der Waals surface area contributed by atoms with E-state index in [2.05, 4.69) is 9.82 Å². The predicted molar refractivity (Wildman–Crippen MR) is 63.7 cm³/mol. The number of hydrogen-bond acceptors (Lipinski definition) is 5. The number of nitrogens with zero attached hydrogens (tertiary/aromatic N) is 2. The number of thioether (sulfide) groups is 1. The van der Waals surface area contributed by atoms with E-state index in [1.54, 1.807) is 18.8 Å². The Kier molecular flexibility index (Phi) is 3.13. The zero-order chi connectivity index (χ0) is 11.8. The van der Waals surface area contributed by atoms with Crippen molar-refractivity contribution in [1.82, 2.24) is 14.5 Å². The molecule has 1 aromatic heterocycles. The number of aryl methyl sites for hydroxylation is 1. The highest BCUT2D eigenvalue weighted by atomic mass is 32.2. The minimum Gasteiger partial charge on any atom is -0.381 e. The number of nitrogens with two attached hydrogens (primary N) is 1. The highest BCUT2D eigenvalue weighted by Crippen LogP contribution is 2.21. The average molecular weight is 262 g/mol. The zero-order valence-electron chi connectivity index (χ0n) is 8.88. The molecule has 0 radical (unpaired) electrons. The summed E-state index contributed by atoms with van der Waals surface area (Å²) in [5.74, 6) is 1.86. The van der Waals surface area contributed by atoms with Crippen LogP contribution in [0.3, 0.4) is 0 Å². The minimum atomic E-state index is -3.53.